The van der Waals surface area contributed by atoms with Crippen molar-refractivity contribution in [3.63, 3.8) is 0 Å². The van der Waals surface area contributed by atoms with Crippen LogP contribution >= 0.6 is 0 Å². The Morgan fingerprint density at radius 2 is 1.79 bits per heavy atom. The minimum absolute atomic E-state index is 0.00921. The molecule has 0 amide bonds. The fourth-order valence-electron chi connectivity index (χ4n) is 2.38. The first-order chi connectivity index (χ1) is 8.93. The van der Waals surface area contributed by atoms with E-state index in [1.165, 1.54) is 23.9 Å². The zero-order valence-corrected chi connectivity index (χ0v) is 12.7. The Hall–Kier alpha value is -1.44. The van der Waals surface area contributed by atoms with Gasteiger partial charge in [-0.2, -0.15) is 0 Å². The number of fused-ring (bicyclic) bond motifs is 1. The fourth-order valence-corrected chi connectivity index (χ4v) is 2.38. The maximum Gasteiger partial charge on any atom is 0.134 e. The van der Waals surface area contributed by atoms with E-state index < -0.39 is 0 Å². The number of para-hydroxylation sites is 1. The summed E-state index contributed by atoms with van der Waals surface area (Å²) in [4.78, 5) is 9.62. The van der Waals surface area contributed by atoms with Gasteiger partial charge in [0.15, 0.2) is 0 Å². The number of rotatable bonds is 3. The minimum atomic E-state index is -0.00921. The fraction of sp³-hybridized carbons (Fsp3) is 0.529. The van der Waals surface area contributed by atoms with Crippen molar-refractivity contribution in [1.29, 1.82) is 0 Å². The summed E-state index contributed by atoms with van der Waals surface area (Å²) >= 11 is 0. The van der Waals surface area contributed by atoms with Crippen LogP contribution in [0.2, 0.25) is 0 Å². The topological polar surface area (TPSA) is 25.8 Å². The Kier molecular flexibility index (Phi) is 3.88. The Morgan fingerprint density at radius 1 is 1.11 bits per heavy atom. The molecule has 0 saturated carbocycles. The van der Waals surface area contributed by atoms with Crippen LogP contribution < -0.4 is 0 Å². The second-order valence-corrected chi connectivity index (χ2v) is 6.39. The Balaban J connectivity index is 2.65. The molecule has 2 aromatic rings. The standard InChI is InChI=1S/C17H24N2/c1-6-9-12(2)15-13-10-7-8-11-14(13)18-16(19-15)17(3,4)5/h7-8,10-12H,6,9H2,1-5H3. The van der Waals surface area contributed by atoms with Gasteiger partial charge in [0.2, 0.25) is 0 Å². The van der Waals surface area contributed by atoms with E-state index in [2.05, 4.69) is 58.9 Å². The molecule has 1 aromatic carbocycles. The molecular formula is C17H24N2. The molecule has 1 unspecified atom stereocenters. The summed E-state index contributed by atoms with van der Waals surface area (Å²) in [6.07, 6.45) is 2.36. The summed E-state index contributed by atoms with van der Waals surface area (Å²) in [5.74, 6) is 1.43. The molecule has 1 heterocycles. The molecule has 19 heavy (non-hydrogen) atoms. The van der Waals surface area contributed by atoms with Gasteiger partial charge in [-0.15, -0.1) is 0 Å². The lowest BCUT2D eigenvalue weighted by molar-refractivity contribution is 0.538. The summed E-state index contributed by atoms with van der Waals surface area (Å²) in [6.45, 7) is 11.0. The van der Waals surface area contributed by atoms with Crippen LogP contribution in [0.1, 0.15) is 64.9 Å². The van der Waals surface area contributed by atoms with Gasteiger partial charge in [0.1, 0.15) is 5.82 Å². The second kappa shape index (κ2) is 5.28. The molecule has 0 saturated heterocycles. The van der Waals surface area contributed by atoms with Crippen LogP contribution in [0.4, 0.5) is 0 Å². The van der Waals surface area contributed by atoms with Crippen molar-refractivity contribution >= 4 is 10.9 Å². The van der Waals surface area contributed by atoms with E-state index in [1.54, 1.807) is 0 Å². The van der Waals surface area contributed by atoms with Crippen LogP contribution in [-0.2, 0) is 5.41 Å². The first kappa shape index (κ1) is 14.0. The maximum atomic E-state index is 4.88. The van der Waals surface area contributed by atoms with Crippen LogP contribution in [0.25, 0.3) is 10.9 Å². The molecule has 1 atom stereocenters. The van der Waals surface area contributed by atoms with Crippen molar-refractivity contribution in [3.8, 4) is 0 Å². The molecule has 2 heteroatoms. The average Bonchev–Trinajstić information content (AvgIpc) is 2.36. The van der Waals surface area contributed by atoms with Gasteiger partial charge in [0.05, 0.1) is 11.2 Å². The first-order valence-corrected chi connectivity index (χ1v) is 7.20. The van der Waals surface area contributed by atoms with E-state index >= 15 is 0 Å². The van der Waals surface area contributed by atoms with E-state index in [0.717, 1.165) is 11.3 Å². The van der Waals surface area contributed by atoms with Gasteiger partial charge >= 0.3 is 0 Å². The highest BCUT2D eigenvalue weighted by atomic mass is 14.9. The van der Waals surface area contributed by atoms with E-state index in [1.807, 2.05) is 0 Å². The molecule has 2 nitrogen and oxygen atoms in total. The van der Waals surface area contributed by atoms with Crippen molar-refractivity contribution in [2.24, 2.45) is 0 Å². The van der Waals surface area contributed by atoms with Crippen LogP contribution in [0, 0.1) is 0 Å². The first-order valence-electron chi connectivity index (χ1n) is 7.20. The highest BCUT2D eigenvalue weighted by molar-refractivity contribution is 5.81. The van der Waals surface area contributed by atoms with Gasteiger partial charge < -0.3 is 0 Å². The van der Waals surface area contributed by atoms with Gasteiger partial charge in [-0.25, -0.2) is 9.97 Å². The molecule has 2 rings (SSSR count). The van der Waals surface area contributed by atoms with Crippen molar-refractivity contribution in [3.05, 3.63) is 35.8 Å². The van der Waals surface area contributed by atoms with Gasteiger partial charge in [-0.05, 0) is 18.4 Å². The minimum Gasteiger partial charge on any atom is -0.236 e. The van der Waals surface area contributed by atoms with Gasteiger partial charge in [0, 0.05) is 10.8 Å². The molecule has 0 spiro atoms. The summed E-state index contributed by atoms with van der Waals surface area (Å²) in [6, 6.07) is 8.36. The SMILES string of the molecule is CCCC(C)c1nc(C(C)(C)C)nc2ccccc12. The summed E-state index contributed by atoms with van der Waals surface area (Å²) in [7, 11) is 0. The number of hydrogen-bond donors (Lipinski definition) is 0. The lowest BCUT2D eigenvalue weighted by atomic mass is 9.93. The third-order valence-electron chi connectivity index (χ3n) is 3.49. The molecular weight excluding hydrogens is 232 g/mol. The molecule has 0 aliphatic heterocycles. The molecule has 0 aliphatic carbocycles. The van der Waals surface area contributed by atoms with Crippen LogP contribution in [0.3, 0.4) is 0 Å². The van der Waals surface area contributed by atoms with Crippen molar-refractivity contribution < 1.29 is 0 Å². The van der Waals surface area contributed by atoms with Gasteiger partial charge in [-0.1, -0.05) is 59.2 Å². The van der Waals surface area contributed by atoms with Gasteiger partial charge in [0.25, 0.3) is 0 Å². The quantitative estimate of drug-likeness (QED) is 0.786. The third kappa shape index (κ3) is 2.94. The second-order valence-electron chi connectivity index (χ2n) is 6.39. The molecule has 0 bridgehead atoms. The molecule has 0 aliphatic rings. The van der Waals surface area contributed by atoms with Crippen molar-refractivity contribution in [1.82, 2.24) is 9.97 Å². The van der Waals surface area contributed by atoms with Crippen molar-refractivity contribution in [2.45, 2.75) is 58.8 Å². The normalized spacial score (nSPS) is 13.7. The predicted molar refractivity (Wildman–Crippen MR) is 81.6 cm³/mol. The highest BCUT2D eigenvalue weighted by Crippen LogP contribution is 2.29. The van der Waals surface area contributed by atoms with Crippen LogP contribution in [-0.4, -0.2) is 9.97 Å². The van der Waals surface area contributed by atoms with E-state index in [-0.39, 0.29) is 5.41 Å². The summed E-state index contributed by atoms with van der Waals surface area (Å²) in [5.41, 5.74) is 2.27. The largest absolute Gasteiger partial charge is 0.236 e. The Morgan fingerprint density at radius 3 is 2.42 bits per heavy atom. The third-order valence-corrected chi connectivity index (χ3v) is 3.49. The highest BCUT2D eigenvalue weighted by Gasteiger charge is 2.21. The monoisotopic (exact) mass is 256 g/mol. The van der Waals surface area contributed by atoms with Crippen molar-refractivity contribution in [2.75, 3.05) is 0 Å². The number of hydrogen-bond acceptors (Lipinski definition) is 2. The molecule has 0 N–H and O–H groups in total. The van der Waals surface area contributed by atoms with Gasteiger partial charge in [-0.3, -0.25) is 0 Å². The molecule has 0 radical (unpaired) electrons. The lowest BCUT2D eigenvalue weighted by Crippen LogP contribution is -2.18. The number of nitrogens with zero attached hydrogens (tertiary/aromatic N) is 2. The molecule has 0 fully saturated rings. The zero-order chi connectivity index (χ0) is 14.0. The maximum absolute atomic E-state index is 4.88. The van der Waals surface area contributed by atoms with E-state index in [4.69, 9.17) is 9.97 Å². The lowest BCUT2D eigenvalue weighted by Gasteiger charge is -2.20. The zero-order valence-electron chi connectivity index (χ0n) is 12.7. The van der Waals surface area contributed by atoms with E-state index in [9.17, 15) is 0 Å². The van der Waals surface area contributed by atoms with E-state index in [0.29, 0.717) is 5.92 Å². The average molecular weight is 256 g/mol. The molecule has 102 valence electrons. The van der Waals surface area contributed by atoms with Crippen LogP contribution in [0.15, 0.2) is 24.3 Å². The summed E-state index contributed by atoms with van der Waals surface area (Å²) < 4.78 is 0. The Labute approximate surface area is 116 Å². The number of benzene rings is 1. The summed E-state index contributed by atoms with van der Waals surface area (Å²) in [5, 5.41) is 1.21. The number of aromatic nitrogens is 2. The predicted octanol–water partition coefficient (Wildman–Crippen LogP) is 4.83. The molecule has 1 aromatic heterocycles. The Bertz CT molecular complexity index is 567. The smallest absolute Gasteiger partial charge is 0.134 e. The van der Waals surface area contributed by atoms with Crippen LogP contribution in [0.5, 0.6) is 0 Å².